The van der Waals surface area contributed by atoms with E-state index in [1.165, 1.54) is 16.3 Å². The maximum absolute atomic E-state index is 12.7. The van der Waals surface area contributed by atoms with Gasteiger partial charge >= 0.3 is 5.97 Å². The SMILES string of the molecule is O=C(O)c1ccccc1CCC(=O)N1CCC(c2cccc3ccccc23)CC1. The van der Waals surface area contributed by atoms with Gasteiger partial charge in [-0.2, -0.15) is 0 Å². The van der Waals surface area contributed by atoms with Gasteiger partial charge in [-0.1, -0.05) is 60.7 Å². The molecule has 1 aliphatic heterocycles. The molecule has 0 aliphatic carbocycles. The highest BCUT2D eigenvalue weighted by Gasteiger charge is 2.24. The number of carboxylic acid groups (broad SMARTS) is 1. The monoisotopic (exact) mass is 387 g/mol. The summed E-state index contributed by atoms with van der Waals surface area (Å²) >= 11 is 0. The van der Waals surface area contributed by atoms with Crippen molar-refractivity contribution in [3.05, 3.63) is 83.4 Å². The molecule has 0 bridgehead atoms. The van der Waals surface area contributed by atoms with Gasteiger partial charge in [0.25, 0.3) is 0 Å². The van der Waals surface area contributed by atoms with Gasteiger partial charge in [0, 0.05) is 19.5 Å². The highest BCUT2D eigenvalue weighted by atomic mass is 16.4. The van der Waals surface area contributed by atoms with E-state index in [2.05, 4.69) is 42.5 Å². The summed E-state index contributed by atoms with van der Waals surface area (Å²) in [6.45, 7) is 1.51. The van der Waals surface area contributed by atoms with Crippen molar-refractivity contribution in [1.29, 1.82) is 0 Å². The molecule has 1 amide bonds. The minimum absolute atomic E-state index is 0.113. The highest BCUT2D eigenvalue weighted by Crippen LogP contribution is 2.33. The van der Waals surface area contributed by atoms with Crippen LogP contribution in [-0.4, -0.2) is 35.0 Å². The second-order valence-electron chi connectivity index (χ2n) is 7.69. The van der Waals surface area contributed by atoms with Gasteiger partial charge in [0.15, 0.2) is 0 Å². The van der Waals surface area contributed by atoms with E-state index in [9.17, 15) is 14.7 Å². The number of carboxylic acids is 1. The van der Waals surface area contributed by atoms with Crippen molar-refractivity contribution in [3.8, 4) is 0 Å². The highest BCUT2D eigenvalue weighted by molar-refractivity contribution is 5.89. The molecule has 3 aromatic rings. The van der Waals surface area contributed by atoms with Gasteiger partial charge in [0.2, 0.25) is 5.91 Å². The third-order valence-corrected chi connectivity index (χ3v) is 5.97. The Labute approximate surface area is 170 Å². The molecule has 0 unspecified atom stereocenters. The Kier molecular flexibility index (Phi) is 5.61. The van der Waals surface area contributed by atoms with Gasteiger partial charge in [0.05, 0.1) is 5.56 Å². The fourth-order valence-corrected chi connectivity index (χ4v) is 4.39. The number of piperidine rings is 1. The molecule has 4 rings (SSSR count). The van der Waals surface area contributed by atoms with E-state index in [4.69, 9.17) is 0 Å². The summed E-state index contributed by atoms with van der Waals surface area (Å²) < 4.78 is 0. The molecule has 0 atom stereocenters. The van der Waals surface area contributed by atoms with Crippen LogP contribution in [0.25, 0.3) is 10.8 Å². The number of nitrogens with zero attached hydrogens (tertiary/aromatic N) is 1. The molecule has 1 N–H and O–H groups in total. The largest absolute Gasteiger partial charge is 0.478 e. The fraction of sp³-hybridized carbons (Fsp3) is 0.280. The van der Waals surface area contributed by atoms with Crippen LogP contribution < -0.4 is 0 Å². The lowest BCUT2D eigenvalue weighted by molar-refractivity contribution is -0.132. The number of benzene rings is 3. The van der Waals surface area contributed by atoms with Gasteiger partial charge in [-0.25, -0.2) is 4.79 Å². The van der Waals surface area contributed by atoms with Gasteiger partial charge in [-0.15, -0.1) is 0 Å². The molecule has 0 spiro atoms. The van der Waals surface area contributed by atoms with Crippen LogP contribution in [0, 0.1) is 0 Å². The molecule has 1 saturated heterocycles. The van der Waals surface area contributed by atoms with Crippen molar-refractivity contribution < 1.29 is 14.7 Å². The fourth-order valence-electron chi connectivity index (χ4n) is 4.39. The number of hydrogen-bond donors (Lipinski definition) is 1. The first-order valence-corrected chi connectivity index (χ1v) is 10.2. The lowest BCUT2D eigenvalue weighted by Crippen LogP contribution is -2.38. The first-order chi connectivity index (χ1) is 14.1. The third-order valence-electron chi connectivity index (χ3n) is 5.97. The summed E-state index contributed by atoms with van der Waals surface area (Å²) in [5.41, 5.74) is 2.39. The van der Waals surface area contributed by atoms with Crippen LogP contribution in [0.4, 0.5) is 0 Å². The lowest BCUT2D eigenvalue weighted by atomic mass is 9.86. The van der Waals surface area contributed by atoms with Gasteiger partial charge in [-0.3, -0.25) is 4.79 Å². The van der Waals surface area contributed by atoms with Crippen LogP contribution in [0.5, 0.6) is 0 Å². The second-order valence-corrected chi connectivity index (χ2v) is 7.69. The summed E-state index contributed by atoms with van der Waals surface area (Å²) in [6.07, 6.45) is 2.74. The summed E-state index contributed by atoms with van der Waals surface area (Å²) in [5.74, 6) is -0.358. The molecule has 0 radical (unpaired) electrons. The van der Waals surface area contributed by atoms with Crippen LogP contribution in [-0.2, 0) is 11.2 Å². The number of hydrogen-bond acceptors (Lipinski definition) is 2. The number of likely N-dealkylation sites (tertiary alicyclic amines) is 1. The van der Waals surface area contributed by atoms with Crippen molar-refractivity contribution in [1.82, 2.24) is 4.90 Å². The Morgan fingerprint density at radius 2 is 1.59 bits per heavy atom. The standard InChI is InChI=1S/C25H25NO3/c27-24(13-12-19-7-2-4-10-23(19)25(28)29)26-16-14-20(15-17-26)22-11-5-8-18-6-1-3-9-21(18)22/h1-11,20H,12-17H2,(H,28,29). The summed E-state index contributed by atoms with van der Waals surface area (Å²) in [4.78, 5) is 26.0. The number of aryl methyl sites for hydroxylation is 1. The zero-order chi connectivity index (χ0) is 20.2. The zero-order valence-electron chi connectivity index (χ0n) is 16.4. The quantitative estimate of drug-likeness (QED) is 0.679. The molecule has 4 nitrogen and oxygen atoms in total. The molecular formula is C25H25NO3. The number of carbonyl (C=O) groups is 2. The molecule has 1 heterocycles. The summed E-state index contributed by atoms with van der Waals surface area (Å²) in [7, 11) is 0. The first kappa shape index (κ1) is 19.2. The summed E-state index contributed by atoms with van der Waals surface area (Å²) in [6, 6.07) is 21.9. The summed E-state index contributed by atoms with van der Waals surface area (Å²) in [5, 5.41) is 11.9. The predicted molar refractivity (Wildman–Crippen MR) is 114 cm³/mol. The normalized spacial score (nSPS) is 14.8. The molecule has 3 aromatic carbocycles. The minimum atomic E-state index is -0.941. The Morgan fingerprint density at radius 3 is 2.38 bits per heavy atom. The molecule has 0 aromatic heterocycles. The van der Waals surface area contributed by atoms with Crippen LogP contribution in [0.2, 0.25) is 0 Å². The van der Waals surface area contributed by atoms with Gasteiger partial charge in [-0.05, 0) is 53.1 Å². The van der Waals surface area contributed by atoms with Gasteiger partial charge < -0.3 is 10.0 Å². The lowest BCUT2D eigenvalue weighted by Gasteiger charge is -2.33. The molecule has 29 heavy (non-hydrogen) atoms. The third kappa shape index (κ3) is 4.16. The maximum atomic E-state index is 12.7. The molecule has 1 fully saturated rings. The Hall–Kier alpha value is -3.14. The molecule has 148 valence electrons. The Morgan fingerprint density at radius 1 is 0.897 bits per heavy atom. The van der Waals surface area contributed by atoms with E-state index in [0.29, 0.717) is 18.8 Å². The molecule has 4 heteroatoms. The topological polar surface area (TPSA) is 57.6 Å². The second kappa shape index (κ2) is 8.48. The average Bonchev–Trinajstić information content (AvgIpc) is 2.77. The predicted octanol–water partition coefficient (Wildman–Crippen LogP) is 4.88. The van der Waals surface area contributed by atoms with Crippen molar-refractivity contribution in [2.24, 2.45) is 0 Å². The maximum Gasteiger partial charge on any atom is 0.335 e. The van der Waals surface area contributed by atoms with Crippen molar-refractivity contribution >= 4 is 22.6 Å². The zero-order valence-corrected chi connectivity index (χ0v) is 16.4. The van der Waals surface area contributed by atoms with Gasteiger partial charge in [0.1, 0.15) is 0 Å². The van der Waals surface area contributed by atoms with Crippen LogP contribution in [0.3, 0.4) is 0 Å². The number of amides is 1. The molecule has 1 aliphatic rings. The van der Waals surface area contributed by atoms with Crippen LogP contribution in [0.1, 0.15) is 46.7 Å². The van der Waals surface area contributed by atoms with E-state index < -0.39 is 5.97 Å². The number of rotatable bonds is 5. The molecular weight excluding hydrogens is 362 g/mol. The van der Waals surface area contributed by atoms with Crippen LogP contribution in [0.15, 0.2) is 66.7 Å². The minimum Gasteiger partial charge on any atom is -0.478 e. The van der Waals surface area contributed by atoms with E-state index in [1.807, 2.05) is 11.0 Å². The molecule has 0 saturated carbocycles. The number of fused-ring (bicyclic) bond motifs is 1. The van der Waals surface area contributed by atoms with Crippen molar-refractivity contribution in [2.45, 2.75) is 31.6 Å². The van der Waals surface area contributed by atoms with E-state index >= 15 is 0 Å². The number of carbonyl (C=O) groups excluding carboxylic acids is 1. The van der Waals surface area contributed by atoms with Crippen molar-refractivity contribution in [3.63, 3.8) is 0 Å². The van der Waals surface area contributed by atoms with E-state index in [1.54, 1.807) is 18.2 Å². The van der Waals surface area contributed by atoms with E-state index in [0.717, 1.165) is 31.5 Å². The van der Waals surface area contributed by atoms with Crippen LogP contribution >= 0.6 is 0 Å². The smallest absolute Gasteiger partial charge is 0.335 e. The average molecular weight is 387 g/mol. The first-order valence-electron chi connectivity index (χ1n) is 10.2. The Bertz CT molecular complexity index is 1030. The van der Waals surface area contributed by atoms with Crippen molar-refractivity contribution in [2.75, 3.05) is 13.1 Å². The number of aromatic carboxylic acids is 1. The van der Waals surface area contributed by atoms with E-state index in [-0.39, 0.29) is 11.5 Å². The Balaban J connectivity index is 1.37.